The van der Waals surface area contributed by atoms with Gasteiger partial charge in [0.15, 0.2) is 0 Å². The molecule has 0 radical (unpaired) electrons. The SMILES string of the molecule is Cc1ccccc1CC[C@@H](C)c1nn(C(C)C)cc1C. The lowest BCUT2D eigenvalue weighted by Gasteiger charge is -2.12. The van der Waals surface area contributed by atoms with Gasteiger partial charge < -0.3 is 0 Å². The van der Waals surface area contributed by atoms with E-state index in [1.54, 1.807) is 0 Å². The second-order valence-corrected chi connectivity index (χ2v) is 6.14. The third-order valence-electron chi connectivity index (χ3n) is 4.06. The summed E-state index contributed by atoms with van der Waals surface area (Å²) in [6, 6.07) is 9.11. The van der Waals surface area contributed by atoms with Crippen LogP contribution in [0.5, 0.6) is 0 Å². The van der Waals surface area contributed by atoms with Gasteiger partial charge in [-0.25, -0.2) is 0 Å². The molecule has 1 atom stereocenters. The van der Waals surface area contributed by atoms with Crippen LogP contribution in [0.15, 0.2) is 30.5 Å². The molecule has 0 unspecified atom stereocenters. The third-order valence-corrected chi connectivity index (χ3v) is 4.06. The second-order valence-electron chi connectivity index (χ2n) is 6.14. The fourth-order valence-corrected chi connectivity index (χ4v) is 2.65. The number of aryl methyl sites for hydroxylation is 3. The van der Waals surface area contributed by atoms with Crippen molar-refractivity contribution in [2.24, 2.45) is 0 Å². The zero-order valence-corrected chi connectivity index (χ0v) is 13.4. The zero-order valence-electron chi connectivity index (χ0n) is 13.4. The molecule has 108 valence electrons. The van der Waals surface area contributed by atoms with E-state index in [2.05, 4.69) is 69.8 Å². The van der Waals surface area contributed by atoms with Crippen molar-refractivity contribution in [3.63, 3.8) is 0 Å². The Bertz CT molecular complexity index is 567. The Morgan fingerprint density at radius 1 is 1.05 bits per heavy atom. The third kappa shape index (κ3) is 3.30. The Kier molecular flexibility index (Phi) is 4.64. The van der Waals surface area contributed by atoms with Crippen LogP contribution in [0.4, 0.5) is 0 Å². The topological polar surface area (TPSA) is 17.8 Å². The molecule has 0 spiro atoms. The molecule has 20 heavy (non-hydrogen) atoms. The molecular formula is C18H26N2. The summed E-state index contributed by atoms with van der Waals surface area (Å²) in [4.78, 5) is 0. The van der Waals surface area contributed by atoms with Crippen LogP contribution in [0.2, 0.25) is 0 Å². The summed E-state index contributed by atoms with van der Waals surface area (Å²) < 4.78 is 2.08. The van der Waals surface area contributed by atoms with Gasteiger partial charge in [-0.2, -0.15) is 5.10 Å². The van der Waals surface area contributed by atoms with Crippen LogP contribution in [-0.4, -0.2) is 9.78 Å². The van der Waals surface area contributed by atoms with E-state index in [-0.39, 0.29) is 0 Å². The van der Waals surface area contributed by atoms with Crippen molar-refractivity contribution in [2.45, 2.75) is 59.4 Å². The summed E-state index contributed by atoms with van der Waals surface area (Å²) in [5.41, 5.74) is 5.42. The van der Waals surface area contributed by atoms with Crippen molar-refractivity contribution in [1.29, 1.82) is 0 Å². The summed E-state index contributed by atoms with van der Waals surface area (Å²) in [6.07, 6.45) is 4.45. The molecular weight excluding hydrogens is 244 g/mol. The van der Waals surface area contributed by atoms with E-state index in [0.29, 0.717) is 12.0 Å². The molecule has 0 saturated carbocycles. The van der Waals surface area contributed by atoms with Crippen molar-refractivity contribution >= 4 is 0 Å². The highest BCUT2D eigenvalue weighted by Gasteiger charge is 2.14. The van der Waals surface area contributed by atoms with Crippen molar-refractivity contribution in [2.75, 3.05) is 0 Å². The maximum Gasteiger partial charge on any atom is 0.0682 e. The quantitative estimate of drug-likeness (QED) is 0.762. The number of hydrogen-bond acceptors (Lipinski definition) is 1. The van der Waals surface area contributed by atoms with Gasteiger partial charge in [0, 0.05) is 18.2 Å². The lowest BCUT2D eigenvalue weighted by atomic mass is 9.95. The maximum absolute atomic E-state index is 4.76. The van der Waals surface area contributed by atoms with Crippen LogP contribution >= 0.6 is 0 Å². The van der Waals surface area contributed by atoms with Crippen molar-refractivity contribution in [3.05, 3.63) is 52.8 Å². The summed E-state index contributed by atoms with van der Waals surface area (Å²) in [7, 11) is 0. The van der Waals surface area contributed by atoms with Gasteiger partial charge >= 0.3 is 0 Å². The highest BCUT2D eigenvalue weighted by atomic mass is 15.3. The minimum absolute atomic E-state index is 0.436. The number of rotatable bonds is 5. The molecule has 0 aliphatic rings. The lowest BCUT2D eigenvalue weighted by molar-refractivity contribution is 0.516. The van der Waals surface area contributed by atoms with Crippen LogP contribution in [0, 0.1) is 13.8 Å². The first-order valence-corrected chi connectivity index (χ1v) is 7.59. The average Bonchev–Trinajstić information content (AvgIpc) is 2.80. The summed E-state index contributed by atoms with van der Waals surface area (Å²) in [6.45, 7) is 11.0. The van der Waals surface area contributed by atoms with E-state index in [1.807, 2.05) is 0 Å². The molecule has 2 heteroatoms. The smallest absolute Gasteiger partial charge is 0.0682 e. The monoisotopic (exact) mass is 270 g/mol. The van der Waals surface area contributed by atoms with E-state index in [0.717, 1.165) is 12.8 Å². The van der Waals surface area contributed by atoms with Crippen LogP contribution in [0.25, 0.3) is 0 Å². The zero-order chi connectivity index (χ0) is 14.7. The number of nitrogens with zero attached hydrogens (tertiary/aromatic N) is 2. The molecule has 0 fully saturated rings. The van der Waals surface area contributed by atoms with Gasteiger partial charge in [0.1, 0.15) is 0 Å². The normalized spacial score (nSPS) is 12.9. The minimum Gasteiger partial charge on any atom is -0.270 e. The first-order chi connectivity index (χ1) is 9.49. The molecule has 0 amide bonds. The van der Waals surface area contributed by atoms with Crippen LogP contribution < -0.4 is 0 Å². The first-order valence-electron chi connectivity index (χ1n) is 7.59. The largest absolute Gasteiger partial charge is 0.270 e. The highest BCUT2D eigenvalue weighted by molar-refractivity contribution is 5.26. The highest BCUT2D eigenvalue weighted by Crippen LogP contribution is 2.24. The van der Waals surface area contributed by atoms with Crippen molar-refractivity contribution in [1.82, 2.24) is 9.78 Å². The molecule has 0 saturated heterocycles. The van der Waals surface area contributed by atoms with Crippen LogP contribution in [0.1, 0.15) is 61.5 Å². The molecule has 1 aromatic heterocycles. The molecule has 2 aromatic rings. The fourth-order valence-electron chi connectivity index (χ4n) is 2.65. The Labute approximate surface area is 122 Å². The second kappa shape index (κ2) is 6.25. The molecule has 2 nitrogen and oxygen atoms in total. The molecule has 0 aliphatic carbocycles. The van der Waals surface area contributed by atoms with E-state index < -0.39 is 0 Å². The number of benzene rings is 1. The minimum atomic E-state index is 0.436. The van der Waals surface area contributed by atoms with E-state index >= 15 is 0 Å². The van der Waals surface area contributed by atoms with Gasteiger partial charge in [-0.15, -0.1) is 0 Å². The molecule has 0 bridgehead atoms. The molecule has 0 aliphatic heterocycles. The standard InChI is InChI=1S/C18H26N2/c1-13(2)20-12-16(5)18(19-20)15(4)10-11-17-9-7-6-8-14(17)3/h6-9,12-13,15H,10-11H2,1-5H3/t15-/m1/s1. The first kappa shape index (κ1) is 14.8. The summed E-state index contributed by atoms with van der Waals surface area (Å²) in [5.74, 6) is 0.509. The predicted molar refractivity (Wildman–Crippen MR) is 85.3 cm³/mol. The Hall–Kier alpha value is -1.57. The van der Waals surface area contributed by atoms with Gasteiger partial charge in [0.05, 0.1) is 5.69 Å². The Morgan fingerprint density at radius 3 is 2.35 bits per heavy atom. The lowest BCUT2D eigenvalue weighted by Crippen LogP contribution is -2.04. The predicted octanol–water partition coefficient (Wildman–Crippen LogP) is 4.82. The summed E-state index contributed by atoms with van der Waals surface area (Å²) in [5, 5.41) is 4.76. The Morgan fingerprint density at radius 2 is 1.75 bits per heavy atom. The molecule has 2 rings (SSSR count). The molecule has 1 heterocycles. The van der Waals surface area contributed by atoms with Gasteiger partial charge in [-0.3, -0.25) is 4.68 Å². The molecule has 1 aromatic carbocycles. The number of hydrogen-bond donors (Lipinski definition) is 0. The maximum atomic E-state index is 4.76. The average molecular weight is 270 g/mol. The van der Waals surface area contributed by atoms with Crippen molar-refractivity contribution < 1.29 is 0 Å². The van der Waals surface area contributed by atoms with E-state index in [9.17, 15) is 0 Å². The van der Waals surface area contributed by atoms with Gasteiger partial charge in [-0.05, 0) is 57.2 Å². The van der Waals surface area contributed by atoms with E-state index in [1.165, 1.54) is 22.4 Å². The van der Waals surface area contributed by atoms with E-state index in [4.69, 9.17) is 5.10 Å². The van der Waals surface area contributed by atoms with Gasteiger partial charge in [-0.1, -0.05) is 31.2 Å². The Balaban J connectivity index is 2.05. The van der Waals surface area contributed by atoms with Crippen molar-refractivity contribution in [3.8, 4) is 0 Å². The fraction of sp³-hybridized carbons (Fsp3) is 0.500. The van der Waals surface area contributed by atoms with Crippen LogP contribution in [-0.2, 0) is 6.42 Å². The number of aromatic nitrogens is 2. The van der Waals surface area contributed by atoms with Gasteiger partial charge in [0.2, 0.25) is 0 Å². The molecule has 0 N–H and O–H groups in total. The summed E-state index contributed by atoms with van der Waals surface area (Å²) >= 11 is 0. The van der Waals surface area contributed by atoms with Crippen LogP contribution in [0.3, 0.4) is 0 Å². The van der Waals surface area contributed by atoms with Gasteiger partial charge in [0.25, 0.3) is 0 Å².